The fourth-order valence-corrected chi connectivity index (χ4v) is 4.85. The zero-order valence-electron chi connectivity index (χ0n) is 21.9. The normalized spacial score (nSPS) is 33.5. The van der Waals surface area contributed by atoms with Crippen molar-refractivity contribution in [2.24, 2.45) is 0 Å². The number of hydrogen-bond acceptors (Lipinski definition) is 15. The van der Waals surface area contributed by atoms with E-state index in [-0.39, 0.29) is 22.5 Å². The first-order valence-electron chi connectivity index (χ1n) is 12.9. The van der Waals surface area contributed by atoms with Gasteiger partial charge in [0, 0.05) is 11.6 Å². The Hall–Kier alpha value is -3.51. The Balaban J connectivity index is 1.36. The number of benzene rings is 2. The Morgan fingerprint density at radius 1 is 0.810 bits per heavy atom. The van der Waals surface area contributed by atoms with Crippen LogP contribution in [0.4, 0.5) is 0 Å². The molecule has 0 unspecified atom stereocenters. The minimum Gasteiger partial charge on any atom is -0.508 e. The Kier molecular flexibility index (Phi) is 8.30. The fraction of sp³-hybridized carbons (Fsp3) is 0.444. The fourth-order valence-electron chi connectivity index (χ4n) is 4.85. The summed E-state index contributed by atoms with van der Waals surface area (Å²) < 4.78 is 27.6. The minimum absolute atomic E-state index is 0.0116. The lowest BCUT2D eigenvalue weighted by molar-refractivity contribution is -0.348. The highest BCUT2D eigenvalue weighted by atomic mass is 16.7. The molecule has 228 valence electrons. The van der Waals surface area contributed by atoms with Gasteiger partial charge in [-0.15, -0.1) is 0 Å². The third kappa shape index (κ3) is 5.37. The van der Waals surface area contributed by atoms with Crippen LogP contribution in [0, 0.1) is 0 Å². The molecule has 2 aromatic carbocycles. The third-order valence-electron chi connectivity index (χ3n) is 7.24. The summed E-state index contributed by atoms with van der Waals surface area (Å²) in [6.07, 6.45) is -15.7. The molecule has 3 aromatic rings. The van der Waals surface area contributed by atoms with Crippen LogP contribution in [0.1, 0.15) is 6.92 Å². The van der Waals surface area contributed by atoms with Gasteiger partial charge in [0.25, 0.3) is 0 Å². The maximum atomic E-state index is 12.9. The van der Waals surface area contributed by atoms with Crippen molar-refractivity contribution in [3.63, 3.8) is 0 Å². The molecule has 42 heavy (non-hydrogen) atoms. The quantitative estimate of drug-likeness (QED) is 0.149. The van der Waals surface area contributed by atoms with Crippen molar-refractivity contribution in [1.29, 1.82) is 0 Å². The SMILES string of the molecule is C[C@@H]1O[C@H](Oc2cc3c(=O)cc(-c4ccc(O)cc4)oc3c(O)c2O)[C@@H](O)[C@@H](O)[C@@H]1O[C@H]1O[C@@H](CO)[C@H](O)[C@@H](O)[C@@H]1O. The molecule has 2 aliphatic heterocycles. The summed E-state index contributed by atoms with van der Waals surface area (Å²) >= 11 is 0. The predicted octanol–water partition coefficient (Wildman–Crippen LogP) is -1.39. The van der Waals surface area contributed by atoms with Gasteiger partial charge in [-0.3, -0.25) is 4.79 Å². The number of hydrogen-bond donors (Lipinski definition) is 9. The molecule has 0 saturated carbocycles. The molecular formula is C27H30O15. The van der Waals surface area contributed by atoms with Crippen LogP contribution >= 0.6 is 0 Å². The summed E-state index contributed by atoms with van der Waals surface area (Å²) in [7, 11) is 0. The summed E-state index contributed by atoms with van der Waals surface area (Å²) in [5.74, 6) is -2.15. The van der Waals surface area contributed by atoms with Gasteiger partial charge in [-0.25, -0.2) is 0 Å². The highest BCUT2D eigenvalue weighted by molar-refractivity contribution is 5.88. The molecule has 0 radical (unpaired) electrons. The van der Waals surface area contributed by atoms with Crippen LogP contribution in [-0.2, 0) is 14.2 Å². The van der Waals surface area contributed by atoms with Gasteiger partial charge < -0.3 is 69.3 Å². The predicted molar refractivity (Wildman–Crippen MR) is 139 cm³/mol. The molecule has 2 fully saturated rings. The van der Waals surface area contributed by atoms with E-state index in [2.05, 4.69) is 0 Å². The van der Waals surface area contributed by atoms with Crippen molar-refractivity contribution < 1.29 is 69.3 Å². The van der Waals surface area contributed by atoms with E-state index in [4.69, 9.17) is 23.4 Å². The molecule has 15 heteroatoms. The van der Waals surface area contributed by atoms with Crippen LogP contribution in [0.15, 0.2) is 45.6 Å². The van der Waals surface area contributed by atoms with Gasteiger partial charge in [-0.1, -0.05) is 0 Å². The number of phenols is 3. The van der Waals surface area contributed by atoms with E-state index in [0.29, 0.717) is 5.56 Å². The second-order valence-corrected chi connectivity index (χ2v) is 10.1. The first-order chi connectivity index (χ1) is 19.9. The summed E-state index contributed by atoms with van der Waals surface area (Å²) in [6, 6.07) is 7.90. The van der Waals surface area contributed by atoms with E-state index in [0.717, 1.165) is 12.1 Å². The standard InChI is InChI=1S/C27H30O15/c1-9-24(42-27-22(36)19(33)18(32)16(8-28)41-27)21(35)23(37)26(38-9)40-15-6-12-13(30)7-14(10-2-4-11(29)5-3-10)39-25(12)20(34)17(15)31/h2-7,9,16,18-19,21-24,26-29,31-37H,8H2,1H3/t9-,16-,18-,19+,21+,22-,23-,24+,26+,27+/m0/s1. The number of ether oxygens (including phenoxy) is 4. The molecule has 0 aliphatic carbocycles. The Morgan fingerprint density at radius 2 is 1.48 bits per heavy atom. The topological polar surface area (TPSA) is 249 Å². The molecule has 15 nitrogen and oxygen atoms in total. The molecule has 9 N–H and O–H groups in total. The van der Waals surface area contributed by atoms with E-state index in [9.17, 15) is 50.8 Å². The number of aromatic hydroxyl groups is 3. The van der Waals surface area contributed by atoms with Crippen molar-refractivity contribution in [2.45, 2.75) is 68.3 Å². The van der Waals surface area contributed by atoms with Crippen molar-refractivity contribution >= 4 is 11.0 Å². The van der Waals surface area contributed by atoms with Crippen LogP contribution in [0.5, 0.6) is 23.0 Å². The lowest BCUT2D eigenvalue weighted by Crippen LogP contribution is -2.64. The van der Waals surface area contributed by atoms with Gasteiger partial charge in [0.2, 0.25) is 17.8 Å². The average molecular weight is 595 g/mol. The van der Waals surface area contributed by atoms with Crippen molar-refractivity contribution in [1.82, 2.24) is 0 Å². The molecule has 0 spiro atoms. The van der Waals surface area contributed by atoms with Gasteiger partial charge in [0.15, 0.2) is 23.1 Å². The first kappa shape index (κ1) is 30.0. The summed E-state index contributed by atoms with van der Waals surface area (Å²) in [4.78, 5) is 12.9. The van der Waals surface area contributed by atoms with E-state index >= 15 is 0 Å². The molecule has 1 aromatic heterocycles. The maximum Gasteiger partial charge on any atom is 0.229 e. The zero-order valence-corrected chi connectivity index (χ0v) is 21.9. The molecule has 10 atom stereocenters. The molecule has 3 heterocycles. The maximum absolute atomic E-state index is 12.9. The Labute approximate surface area is 236 Å². The second-order valence-electron chi connectivity index (χ2n) is 10.1. The third-order valence-corrected chi connectivity index (χ3v) is 7.24. The average Bonchev–Trinajstić information content (AvgIpc) is 2.97. The Bertz CT molecular complexity index is 1470. The van der Waals surface area contributed by atoms with E-state index < -0.39 is 90.7 Å². The minimum atomic E-state index is -1.85. The number of rotatable bonds is 6. The van der Waals surface area contributed by atoms with Crippen LogP contribution in [0.25, 0.3) is 22.3 Å². The largest absolute Gasteiger partial charge is 0.508 e. The van der Waals surface area contributed by atoms with Crippen molar-refractivity contribution in [2.75, 3.05) is 6.61 Å². The van der Waals surface area contributed by atoms with Crippen molar-refractivity contribution in [3.8, 4) is 34.3 Å². The lowest BCUT2D eigenvalue weighted by atomic mass is 9.97. The van der Waals surface area contributed by atoms with Crippen LogP contribution in [0.3, 0.4) is 0 Å². The van der Waals surface area contributed by atoms with Gasteiger partial charge in [-0.2, -0.15) is 0 Å². The van der Waals surface area contributed by atoms with Crippen LogP contribution in [0.2, 0.25) is 0 Å². The van der Waals surface area contributed by atoms with Crippen LogP contribution < -0.4 is 10.2 Å². The zero-order chi connectivity index (χ0) is 30.5. The molecule has 5 rings (SSSR count). The molecule has 0 amide bonds. The number of aliphatic hydroxyl groups is 6. The Morgan fingerprint density at radius 3 is 2.14 bits per heavy atom. The van der Waals surface area contributed by atoms with E-state index in [1.54, 1.807) is 0 Å². The van der Waals surface area contributed by atoms with Gasteiger partial charge in [0.05, 0.1) is 18.1 Å². The van der Waals surface area contributed by atoms with Gasteiger partial charge in [-0.05, 0) is 37.3 Å². The van der Waals surface area contributed by atoms with Gasteiger partial charge in [0.1, 0.15) is 54.2 Å². The number of phenolic OH excluding ortho intramolecular Hbond substituents is 3. The van der Waals surface area contributed by atoms with Crippen LogP contribution in [-0.4, -0.2) is 114 Å². The molecule has 2 saturated heterocycles. The number of fused-ring (bicyclic) bond motifs is 1. The smallest absolute Gasteiger partial charge is 0.229 e. The molecule has 2 aliphatic rings. The summed E-state index contributed by atoms with van der Waals surface area (Å²) in [6.45, 7) is 0.707. The van der Waals surface area contributed by atoms with Crippen molar-refractivity contribution in [3.05, 3.63) is 46.6 Å². The monoisotopic (exact) mass is 594 g/mol. The second kappa shape index (κ2) is 11.6. The molecular weight excluding hydrogens is 564 g/mol. The summed E-state index contributed by atoms with van der Waals surface area (Å²) in [5, 5.41) is 91.6. The number of aliphatic hydroxyl groups excluding tert-OH is 6. The lowest BCUT2D eigenvalue weighted by Gasteiger charge is -2.45. The van der Waals surface area contributed by atoms with E-state index in [1.165, 1.54) is 31.2 Å². The highest BCUT2D eigenvalue weighted by Gasteiger charge is 2.50. The first-order valence-corrected chi connectivity index (χ1v) is 12.9. The van der Waals surface area contributed by atoms with E-state index in [1.807, 2.05) is 0 Å². The van der Waals surface area contributed by atoms with Gasteiger partial charge >= 0.3 is 0 Å². The highest BCUT2D eigenvalue weighted by Crippen LogP contribution is 2.43. The summed E-state index contributed by atoms with van der Waals surface area (Å²) in [5.41, 5.74) is -0.568. The molecule has 0 bridgehead atoms.